The summed E-state index contributed by atoms with van der Waals surface area (Å²) in [5.74, 6) is 0.921. The Morgan fingerprint density at radius 3 is 2.52 bits per heavy atom. The summed E-state index contributed by atoms with van der Waals surface area (Å²) in [6.45, 7) is 4.01. The minimum absolute atomic E-state index is 0.00593. The highest BCUT2D eigenvalue weighted by molar-refractivity contribution is 7.89. The average molecular weight is 508 g/mol. The van der Waals surface area contributed by atoms with Crippen molar-refractivity contribution in [1.82, 2.24) is 34.3 Å². The maximum absolute atomic E-state index is 12.8. The fourth-order valence-electron chi connectivity index (χ4n) is 3.14. The van der Waals surface area contributed by atoms with Crippen LogP contribution in [0.5, 0.6) is 11.8 Å². The first-order valence-corrected chi connectivity index (χ1v) is 12.1. The first-order chi connectivity index (χ1) is 15.8. The van der Waals surface area contributed by atoms with Gasteiger partial charge in [-0.05, 0) is 44.2 Å². The average Bonchev–Trinajstić information content (AvgIpc) is 3.45. The van der Waals surface area contributed by atoms with E-state index in [1.54, 1.807) is 40.8 Å². The van der Waals surface area contributed by atoms with Crippen LogP contribution in [0, 0.1) is 0 Å². The number of hydrogen-bond acceptors (Lipinski definition) is 7. The summed E-state index contributed by atoms with van der Waals surface area (Å²) in [6, 6.07) is 10.9. The number of sulfonamides is 1. The van der Waals surface area contributed by atoms with Gasteiger partial charge in [0.05, 0.1) is 26.7 Å². The second kappa shape index (κ2) is 9.48. The Morgan fingerprint density at radius 1 is 1.06 bits per heavy atom. The van der Waals surface area contributed by atoms with Gasteiger partial charge in [0.25, 0.3) is 0 Å². The van der Waals surface area contributed by atoms with Crippen molar-refractivity contribution >= 4 is 33.2 Å². The van der Waals surface area contributed by atoms with Crippen LogP contribution in [0.1, 0.15) is 25.7 Å². The number of benzene rings is 2. The number of aromatic nitrogens is 6. The molecule has 0 fully saturated rings. The summed E-state index contributed by atoms with van der Waals surface area (Å²) in [5, 5.41) is 16.3. The Kier molecular flexibility index (Phi) is 6.66. The van der Waals surface area contributed by atoms with Crippen molar-refractivity contribution in [2.75, 3.05) is 0 Å². The fraction of sp³-hybridized carbons (Fsp3) is 0.200. The van der Waals surface area contributed by atoms with E-state index in [1.807, 2.05) is 19.1 Å². The van der Waals surface area contributed by atoms with Crippen LogP contribution in [0.4, 0.5) is 0 Å². The molecule has 0 aliphatic rings. The maximum Gasteiger partial charge on any atom is 0.322 e. The van der Waals surface area contributed by atoms with E-state index < -0.39 is 16.1 Å². The maximum atomic E-state index is 12.8. The lowest BCUT2D eigenvalue weighted by atomic mass is 10.3. The predicted octanol–water partition coefficient (Wildman–Crippen LogP) is 4.02. The molecule has 0 aliphatic heterocycles. The largest absolute Gasteiger partial charge is 0.424 e. The van der Waals surface area contributed by atoms with Crippen molar-refractivity contribution in [2.45, 2.75) is 31.3 Å². The molecule has 0 unspecified atom stereocenters. The molecule has 4 rings (SSSR count). The van der Waals surface area contributed by atoms with Crippen LogP contribution in [0.2, 0.25) is 10.0 Å². The fourth-order valence-corrected chi connectivity index (χ4v) is 4.73. The molecule has 2 aromatic carbocycles. The van der Waals surface area contributed by atoms with Gasteiger partial charge in [0, 0.05) is 12.6 Å². The van der Waals surface area contributed by atoms with E-state index in [-0.39, 0.29) is 21.0 Å². The molecule has 0 radical (unpaired) electrons. The molecular formula is C20H19Cl2N7O3S. The summed E-state index contributed by atoms with van der Waals surface area (Å²) in [5.41, 5.74) is 0.808. The zero-order chi connectivity index (χ0) is 23.6. The van der Waals surface area contributed by atoms with Gasteiger partial charge in [-0.1, -0.05) is 34.4 Å². The van der Waals surface area contributed by atoms with Crippen molar-refractivity contribution in [3.8, 4) is 17.4 Å². The minimum Gasteiger partial charge on any atom is -0.424 e. The normalized spacial score (nSPS) is 12.6. The Labute approximate surface area is 200 Å². The number of halogens is 2. The van der Waals surface area contributed by atoms with Crippen LogP contribution < -0.4 is 9.46 Å². The third-order valence-corrected chi connectivity index (χ3v) is 7.00. The van der Waals surface area contributed by atoms with Gasteiger partial charge >= 0.3 is 6.01 Å². The van der Waals surface area contributed by atoms with Gasteiger partial charge in [-0.15, -0.1) is 15.3 Å². The lowest BCUT2D eigenvalue weighted by Gasteiger charge is -2.15. The van der Waals surface area contributed by atoms with E-state index in [2.05, 4.69) is 25.1 Å². The van der Waals surface area contributed by atoms with Crippen molar-refractivity contribution in [3.63, 3.8) is 0 Å². The van der Waals surface area contributed by atoms with Gasteiger partial charge in [-0.2, -0.15) is 0 Å². The van der Waals surface area contributed by atoms with E-state index in [4.69, 9.17) is 27.9 Å². The Balaban J connectivity index is 1.56. The van der Waals surface area contributed by atoms with Crippen LogP contribution in [-0.4, -0.2) is 37.9 Å². The molecule has 1 atom stereocenters. The molecule has 13 heteroatoms. The zero-order valence-electron chi connectivity index (χ0n) is 17.6. The Morgan fingerprint density at radius 2 is 1.82 bits per heavy atom. The lowest BCUT2D eigenvalue weighted by Crippen LogP contribution is -2.29. The molecule has 33 heavy (non-hydrogen) atoms. The van der Waals surface area contributed by atoms with Crippen molar-refractivity contribution < 1.29 is 13.2 Å². The van der Waals surface area contributed by atoms with Gasteiger partial charge in [-0.25, -0.2) is 13.1 Å². The van der Waals surface area contributed by atoms with Crippen LogP contribution in [0.25, 0.3) is 5.69 Å². The molecular weight excluding hydrogens is 489 g/mol. The molecule has 1 N–H and O–H groups in total. The highest BCUT2D eigenvalue weighted by Gasteiger charge is 2.24. The zero-order valence-corrected chi connectivity index (χ0v) is 19.9. The Hall–Kier alpha value is -2.99. The monoisotopic (exact) mass is 507 g/mol. The van der Waals surface area contributed by atoms with E-state index in [0.29, 0.717) is 18.1 Å². The smallest absolute Gasteiger partial charge is 0.322 e. The quantitative estimate of drug-likeness (QED) is 0.382. The molecule has 0 saturated carbocycles. The number of nitrogens with one attached hydrogen (secondary N) is 1. The van der Waals surface area contributed by atoms with Gasteiger partial charge in [0.2, 0.25) is 10.0 Å². The van der Waals surface area contributed by atoms with Crippen molar-refractivity contribution in [1.29, 1.82) is 0 Å². The summed E-state index contributed by atoms with van der Waals surface area (Å²) < 4.78 is 37.6. The number of ether oxygens (including phenoxy) is 1. The van der Waals surface area contributed by atoms with Crippen LogP contribution in [-0.2, 0) is 16.6 Å². The molecule has 2 heterocycles. The summed E-state index contributed by atoms with van der Waals surface area (Å²) in [4.78, 5) is -0.00593. The van der Waals surface area contributed by atoms with E-state index in [1.165, 1.54) is 18.2 Å². The molecule has 0 aliphatic carbocycles. The lowest BCUT2D eigenvalue weighted by molar-refractivity contribution is 0.407. The standard InChI is InChI=1S/C20H19Cl2N7O3S/c1-3-29-19(13(2)27-33(30,31)16-7-8-17(21)18(22)10-16)25-26-20(29)32-15-6-4-5-14(9-15)28-11-23-24-12-28/h4-13,27H,3H2,1-2H3/t13-/m1/s1. The first-order valence-electron chi connectivity index (χ1n) is 9.82. The number of hydrogen-bond donors (Lipinski definition) is 1. The van der Waals surface area contributed by atoms with Crippen molar-refractivity contribution in [3.05, 3.63) is 71.0 Å². The third-order valence-electron chi connectivity index (χ3n) is 4.73. The second-order valence-electron chi connectivity index (χ2n) is 6.97. The van der Waals surface area contributed by atoms with E-state index >= 15 is 0 Å². The summed E-state index contributed by atoms with van der Waals surface area (Å²) >= 11 is 11.9. The number of nitrogens with zero attached hydrogens (tertiary/aromatic N) is 6. The second-order valence-corrected chi connectivity index (χ2v) is 9.50. The highest BCUT2D eigenvalue weighted by atomic mass is 35.5. The summed E-state index contributed by atoms with van der Waals surface area (Å²) in [7, 11) is -3.88. The number of rotatable bonds is 8. The van der Waals surface area contributed by atoms with Gasteiger partial charge in [0.1, 0.15) is 18.4 Å². The minimum atomic E-state index is -3.88. The first kappa shape index (κ1) is 23.2. The Bertz CT molecular complexity index is 1370. The van der Waals surface area contributed by atoms with E-state index in [9.17, 15) is 8.42 Å². The summed E-state index contributed by atoms with van der Waals surface area (Å²) in [6.07, 6.45) is 3.15. The highest BCUT2D eigenvalue weighted by Crippen LogP contribution is 2.27. The predicted molar refractivity (Wildman–Crippen MR) is 122 cm³/mol. The SMILES string of the molecule is CCn1c(Oc2cccc(-n3cnnc3)c2)nnc1[C@@H](C)NS(=O)(=O)c1ccc(Cl)c(Cl)c1. The molecule has 0 spiro atoms. The molecule has 2 aromatic heterocycles. The molecule has 4 aromatic rings. The van der Waals surface area contributed by atoms with Crippen LogP contribution in [0.3, 0.4) is 0 Å². The molecule has 0 bridgehead atoms. The molecule has 0 saturated heterocycles. The third kappa shape index (κ3) is 5.01. The van der Waals surface area contributed by atoms with E-state index in [0.717, 1.165) is 5.69 Å². The van der Waals surface area contributed by atoms with Gasteiger partial charge in [-0.3, -0.25) is 9.13 Å². The van der Waals surface area contributed by atoms with Crippen LogP contribution in [0.15, 0.2) is 60.0 Å². The molecule has 172 valence electrons. The van der Waals surface area contributed by atoms with Crippen LogP contribution >= 0.6 is 23.2 Å². The molecule has 10 nitrogen and oxygen atoms in total. The topological polar surface area (TPSA) is 117 Å². The van der Waals surface area contributed by atoms with Gasteiger partial charge < -0.3 is 4.74 Å². The van der Waals surface area contributed by atoms with Gasteiger partial charge in [0.15, 0.2) is 5.82 Å². The molecule has 0 amide bonds. The van der Waals surface area contributed by atoms with Crippen molar-refractivity contribution in [2.24, 2.45) is 0 Å².